The van der Waals surface area contributed by atoms with Crippen LogP contribution < -0.4 is 14.8 Å². The SMILES string of the molecule is CCOc1ccccc1OCC(=O)O[C@@H](C)C(=O)Nc1cc(Cl)cc(Cl)c1. The molecule has 0 fully saturated rings. The fraction of sp³-hybridized carbons (Fsp3) is 0.263. The van der Waals surface area contributed by atoms with Crippen LogP contribution in [0.5, 0.6) is 11.5 Å². The molecule has 0 aliphatic rings. The first-order valence-corrected chi connectivity index (χ1v) is 8.95. The van der Waals surface area contributed by atoms with Crippen molar-refractivity contribution in [1.29, 1.82) is 0 Å². The van der Waals surface area contributed by atoms with E-state index in [0.717, 1.165) is 0 Å². The zero-order valence-corrected chi connectivity index (χ0v) is 16.3. The molecule has 0 unspecified atom stereocenters. The van der Waals surface area contributed by atoms with Gasteiger partial charge in [0.1, 0.15) is 0 Å². The number of anilines is 1. The van der Waals surface area contributed by atoms with Crippen molar-refractivity contribution in [1.82, 2.24) is 0 Å². The van der Waals surface area contributed by atoms with Crippen molar-refractivity contribution in [3.8, 4) is 11.5 Å². The fourth-order valence-electron chi connectivity index (χ4n) is 2.14. The van der Waals surface area contributed by atoms with Crippen molar-refractivity contribution in [2.45, 2.75) is 20.0 Å². The van der Waals surface area contributed by atoms with Gasteiger partial charge in [0, 0.05) is 15.7 Å². The normalized spacial score (nSPS) is 11.4. The van der Waals surface area contributed by atoms with E-state index in [1.807, 2.05) is 6.92 Å². The van der Waals surface area contributed by atoms with Gasteiger partial charge in [-0.05, 0) is 44.2 Å². The monoisotopic (exact) mass is 411 g/mol. The van der Waals surface area contributed by atoms with E-state index in [4.69, 9.17) is 37.4 Å². The van der Waals surface area contributed by atoms with Gasteiger partial charge in [-0.2, -0.15) is 0 Å². The number of ether oxygens (including phenoxy) is 3. The predicted octanol–water partition coefficient (Wildman–Crippen LogP) is 4.34. The van der Waals surface area contributed by atoms with Gasteiger partial charge in [-0.25, -0.2) is 4.79 Å². The Labute approximate surface area is 167 Å². The van der Waals surface area contributed by atoms with E-state index in [1.54, 1.807) is 30.3 Å². The standard InChI is InChI=1S/C19H19Cl2NO5/c1-3-25-16-6-4-5-7-17(16)26-11-18(23)27-12(2)19(24)22-15-9-13(20)8-14(21)10-15/h4-10,12H,3,11H2,1-2H3,(H,22,24)/t12-/m0/s1. The van der Waals surface area contributed by atoms with Crippen molar-refractivity contribution in [3.63, 3.8) is 0 Å². The number of hydrogen-bond acceptors (Lipinski definition) is 5. The van der Waals surface area contributed by atoms with Crippen LogP contribution in [-0.2, 0) is 14.3 Å². The molecule has 0 spiro atoms. The lowest BCUT2D eigenvalue weighted by Gasteiger charge is -2.15. The summed E-state index contributed by atoms with van der Waals surface area (Å²) < 4.78 is 15.9. The summed E-state index contributed by atoms with van der Waals surface area (Å²) in [5, 5.41) is 3.34. The maximum absolute atomic E-state index is 12.1. The third-order valence-corrected chi connectivity index (χ3v) is 3.74. The van der Waals surface area contributed by atoms with Gasteiger partial charge in [-0.3, -0.25) is 4.79 Å². The van der Waals surface area contributed by atoms with Crippen molar-refractivity contribution >= 4 is 40.8 Å². The fourth-order valence-corrected chi connectivity index (χ4v) is 2.66. The molecule has 6 nitrogen and oxygen atoms in total. The highest BCUT2D eigenvalue weighted by Gasteiger charge is 2.19. The van der Waals surface area contributed by atoms with Crippen LogP contribution in [0, 0.1) is 0 Å². The first-order chi connectivity index (χ1) is 12.9. The molecule has 0 saturated carbocycles. The Morgan fingerprint density at radius 2 is 1.63 bits per heavy atom. The molecule has 1 atom stereocenters. The lowest BCUT2D eigenvalue weighted by atomic mass is 10.3. The first-order valence-electron chi connectivity index (χ1n) is 8.20. The van der Waals surface area contributed by atoms with Crippen molar-refractivity contribution in [2.24, 2.45) is 0 Å². The summed E-state index contributed by atoms with van der Waals surface area (Å²) in [7, 11) is 0. The number of carbonyl (C=O) groups is 2. The van der Waals surface area contributed by atoms with Crippen LogP contribution >= 0.6 is 23.2 Å². The maximum atomic E-state index is 12.1. The van der Waals surface area contributed by atoms with Gasteiger partial charge < -0.3 is 19.5 Å². The van der Waals surface area contributed by atoms with Gasteiger partial charge in [0.2, 0.25) is 0 Å². The van der Waals surface area contributed by atoms with E-state index in [0.29, 0.717) is 33.8 Å². The van der Waals surface area contributed by atoms with Crippen LogP contribution in [0.15, 0.2) is 42.5 Å². The van der Waals surface area contributed by atoms with E-state index in [2.05, 4.69) is 5.32 Å². The lowest BCUT2D eigenvalue weighted by molar-refractivity contribution is -0.155. The molecule has 144 valence electrons. The molecular formula is C19H19Cl2NO5. The topological polar surface area (TPSA) is 73.9 Å². The Hall–Kier alpha value is -2.44. The summed E-state index contributed by atoms with van der Waals surface area (Å²) in [4.78, 5) is 24.1. The summed E-state index contributed by atoms with van der Waals surface area (Å²) >= 11 is 11.8. The van der Waals surface area contributed by atoms with Gasteiger partial charge in [0.15, 0.2) is 24.2 Å². The molecule has 2 rings (SSSR count). The van der Waals surface area contributed by atoms with Crippen LogP contribution in [0.25, 0.3) is 0 Å². The summed E-state index contributed by atoms with van der Waals surface area (Å²) in [5.41, 5.74) is 0.405. The average Bonchev–Trinajstić information content (AvgIpc) is 2.60. The smallest absolute Gasteiger partial charge is 0.344 e. The molecule has 27 heavy (non-hydrogen) atoms. The number of halogens is 2. The summed E-state index contributed by atoms with van der Waals surface area (Å²) in [6.45, 7) is 3.41. The largest absolute Gasteiger partial charge is 0.490 e. The van der Waals surface area contributed by atoms with E-state index < -0.39 is 18.0 Å². The van der Waals surface area contributed by atoms with E-state index >= 15 is 0 Å². The summed E-state index contributed by atoms with van der Waals surface area (Å²) in [5.74, 6) is -0.261. The third kappa shape index (κ3) is 6.66. The van der Waals surface area contributed by atoms with Crippen LogP contribution in [-0.4, -0.2) is 31.2 Å². The van der Waals surface area contributed by atoms with Crippen molar-refractivity contribution in [2.75, 3.05) is 18.5 Å². The van der Waals surface area contributed by atoms with Gasteiger partial charge in [-0.1, -0.05) is 35.3 Å². The third-order valence-electron chi connectivity index (χ3n) is 3.30. The number of hydrogen-bond donors (Lipinski definition) is 1. The number of amides is 1. The molecule has 0 heterocycles. The van der Waals surface area contributed by atoms with Crippen LogP contribution in [0.3, 0.4) is 0 Å². The Bertz CT molecular complexity index is 792. The van der Waals surface area contributed by atoms with Crippen LogP contribution in [0.2, 0.25) is 10.0 Å². The molecule has 1 N–H and O–H groups in total. The summed E-state index contributed by atoms with van der Waals surface area (Å²) in [6.07, 6.45) is -1.03. The molecule has 0 aliphatic heterocycles. The number of rotatable bonds is 8. The zero-order valence-electron chi connectivity index (χ0n) is 14.8. The molecular weight excluding hydrogens is 393 g/mol. The Morgan fingerprint density at radius 3 is 2.22 bits per heavy atom. The Balaban J connectivity index is 1.87. The molecule has 0 saturated heterocycles. The second-order valence-electron chi connectivity index (χ2n) is 5.45. The molecule has 8 heteroatoms. The minimum absolute atomic E-state index is 0.356. The van der Waals surface area contributed by atoms with Gasteiger partial charge in [-0.15, -0.1) is 0 Å². The highest BCUT2D eigenvalue weighted by Crippen LogP contribution is 2.26. The van der Waals surface area contributed by atoms with Gasteiger partial charge in [0.25, 0.3) is 5.91 Å². The van der Waals surface area contributed by atoms with Gasteiger partial charge in [0.05, 0.1) is 6.61 Å². The number of para-hydroxylation sites is 2. The van der Waals surface area contributed by atoms with E-state index in [1.165, 1.54) is 19.1 Å². The van der Waals surface area contributed by atoms with Crippen molar-refractivity contribution in [3.05, 3.63) is 52.5 Å². The van der Waals surface area contributed by atoms with Crippen molar-refractivity contribution < 1.29 is 23.8 Å². The average molecular weight is 412 g/mol. The Morgan fingerprint density at radius 1 is 1.04 bits per heavy atom. The molecule has 2 aromatic rings. The minimum atomic E-state index is -1.03. The zero-order chi connectivity index (χ0) is 19.8. The maximum Gasteiger partial charge on any atom is 0.344 e. The summed E-state index contributed by atoms with van der Waals surface area (Å²) in [6, 6.07) is 11.6. The quantitative estimate of drug-likeness (QED) is 0.653. The van der Waals surface area contributed by atoms with Crippen LogP contribution in [0.1, 0.15) is 13.8 Å². The van der Waals surface area contributed by atoms with E-state index in [-0.39, 0.29) is 6.61 Å². The predicted molar refractivity (Wildman–Crippen MR) is 104 cm³/mol. The molecule has 0 aromatic heterocycles. The molecule has 0 bridgehead atoms. The number of carbonyl (C=O) groups excluding carboxylic acids is 2. The first kappa shape index (κ1) is 20.9. The number of nitrogens with one attached hydrogen (secondary N) is 1. The van der Waals surface area contributed by atoms with Gasteiger partial charge >= 0.3 is 5.97 Å². The second kappa shape index (κ2) is 10.0. The second-order valence-corrected chi connectivity index (χ2v) is 6.32. The Kier molecular flexibility index (Phi) is 7.76. The minimum Gasteiger partial charge on any atom is -0.490 e. The molecule has 0 aliphatic carbocycles. The molecule has 0 radical (unpaired) electrons. The molecule has 2 aromatic carbocycles. The highest BCUT2D eigenvalue weighted by atomic mass is 35.5. The molecule has 1 amide bonds. The lowest BCUT2D eigenvalue weighted by Crippen LogP contribution is -2.31. The highest BCUT2D eigenvalue weighted by molar-refractivity contribution is 6.35. The van der Waals surface area contributed by atoms with Crippen LogP contribution in [0.4, 0.5) is 5.69 Å². The van der Waals surface area contributed by atoms with E-state index in [9.17, 15) is 9.59 Å². The number of esters is 1. The number of benzene rings is 2.